The Labute approximate surface area is 153 Å². The van der Waals surface area contributed by atoms with E-state index in [1.54, 1.807) is 24.3 Å². The van der Waals surface area contributed by atoms with Crippen molar-refractivity contribution in [2.75, 3.05) is 31.5 Å². The number of carbonyl (C=O) groups excluding carboxylic acids is 2. The van der Waals surface area contributed by atoms with Gasteiger partial charge in [0.25, 0.3) is 5.91 Å². The maximum absolute atomic E-state index is 12.7. The molecule has 4 N–H and O–H groups in total. The molecule has 6 heteroatoms. The fraction of sp³-hybridized carbons (Fsp3) is 0.300. The largest absolute Gasteiger partial charge is 0.351 e. The van der Waals surface area contributed by atoms with Gasteiger partial charge in [-0.1, -0.05) is 30.3 Å². The van der Waals surface area contributed by atoms with E-state index in [0.29, 0.717) is 11.3 Å². The van der Waals surface area contributed by atoms with E-state index < -0.39 is 6.03 Å². The van der Waals surface area contributed by atoms with E-state index >= 15 is 0 Å². The molecule has 0 aromatic heterocycles. The fourth-order valence-electron chi connectivity index (χ4n) is 3.34. The van der Waals surface area contributed by atoms with E-state index in [0.717, 1.165) is 32.7 Å². The lowest BCUT2D eigenvalue weighted by Gasteiger charge is -2.32. The first-order valence-corrected chi connectivity index (χ1v) is 8.87. The van der Waals surface area contributed by atoms with Gasteiger partial charge < -0.3 is 20.9 Å². The number of primary amides is 1. The summed E-state index contributed by atoms with van der Waals surface area (Å²) < 4.78 is 0. The first kappa shape index (κ1) is 17.9. The third-order valence-corrected chi connectivity index (χ3v) is 4.84. The number of anilines is 1. The zero-order valence-corrected chi connectivity index (χ0v) is 15.0. The molecule has 0 spiro atoms. The first-order chi connectivity index (χ1) is 12.5. The zero-order chi connectivity index (χ0) is 18.5. The summed E-state index contributed by atoms with van der Waals surface area (Å²) in [7, 11) is 0. The quantitative estimate of drug-likeness (QED) is 0.767. The fourth-order valence-corrected chi connectivity index (χ4v) is 3.34. The molecule has 1 aliphatic heterocycles. The number of carbonyl (C=O) groups is 2. The number of amides is 3. The minimum absolute atomic E-state index is 0.00642. The van der Waals surface area contributed by atoms with Gasteiger partial charge in [-0.25, -0.2) is 4.79 Å². The predicted molar refractivity (Wildman–Crippen MR) is 101 cm³/mol. The second-order valence-corrected chi connectivity index (χ2v) is 6.72. The van der Waals surface area contributed by atoms with Gasteiger partial charge in [0.2, 0.25) is 0 Å². The summed E-state index contributed by atoms with van der Waals surface area (Å²) >= 11 is 0. The molecule has 3 rings (SSSR count). The highest BCUT2D eigenvalue weighted by Crippen LogP contribution is 2.13. The minimum Gasteiger partial charge on any atom is -0.351 e. The molecule has 6 nitrogen and oxygen atoms in total. The van der Waals surface area contributed by atoms with Crippen molar-refractivity contribution >= 4 is 17.6 Å². The Hall–Kier alpha value is -2.86. The molecule has 0 bridgehead atoms. The third kappa shape index (κ3) is 4.40. The standard InChI is InChI=1S/C20H24N4O2/c1-15-5-2-3-6-17(15)14-23-9-11-24(12-10-23)19(25)16-7-4-8-18(13-16)22-20(21)26/h2-8,13H,9-12,14H2,1H3,(H3,21,22,26)/p+1. The highest BCUT2D eigenvalue weighted by Gasteiger charge is 2.25. The van der Waals surface area contributed by atoms with E-state index in [2.05, 4.69) is 36.5 Å². The Morgan fingerprint density at radius 2 is 1.85 bits per heavy atom. The highest BCUT2D eigenvalue weighted by molar-refractivity contribution is 5.96. The van der Waals surface area contributed by atoms with Gasteiger partial charge in [-0.05, 0) is 30.7 Å². The van der Waals surface area contributed by atoms with E-state index in [4.69, 9.17) is 5.73 Å². The number of hydrogen-bond acceptors (Lipinski definition) is 2. The molecule has 2 aromatic rings. The van der Waals surface area contributed by atoms with Gasteiger partial charge in [0.05, 0.1) is 26.2 Å². The molecule has 0 unspecified atom stereocenters. The van der Waals surface area contributed by atoms with Gasteiger partial charge in [0, 0.05) is 16.8 Å². The van der Waals surface area contributed by atoms with E-state index in [1.165, 1.54) is 16.0 Å². The van der Waals surface area contributed by atoms with Crippen LogP contribution in [-0.4, -0.2) is 43.0 Å². The number of urea groups is 1. The van der Waals surface area contributed by atoms with Gasteiger partial charge in [-0.15, -0.1) is 0 Å². The van der Waals surface area contributed by atoms with Gasteiger partial charge in [0.15, 0.2) is 0 Å². The number of nitrogens with one attached hydrogen (secondary N) is 2. The topological polar surface area (TPSA) is 79.9 Å². The van der Waals surface area contributed by atoms with Gasteiger partial charge in [-0.2, -0.15) is 0 Å². The molecule has 136 valence electrons. The van der Waals surface area contributed by atoms with Crippen molar-refractivity contribution in [3.05, 3.63) is 65.2 Å². The molecule has 1 saturated heterocycles. The van der Waals surface area contributed by atoms with E-state index in [9.17, 15) is 9.59 Å². The SMILES string of the molecule is Cc1ccccc1C[NH+]1CCN(C(=O)c2cccc(NC(N)=O)c2)CC1. The molecule has 0 radical (unpaired) electrons. The highest BCUT2D eigenvalue weighted by atomic mass is 16.2. The monoisotopic (exact) mass is 353 g/mol. The summed E-state index contributed by atoms with van der Waals surface area (Å²) in [4.78, 5) is 27.1. The lowest BCUT2D eigenvalue weighted by molar-refractivity contribution is -0.917. The molecule has 2 aromatic carbocycles. The van der Waals surface area contributed by atoms with Crippen LogP contribution in [0.4, 0.5) is 10.5 Å². The van der Waals surface area contributed by atoms with Crippen LogP contribution >= 0.6 is 0 Å². The van der Waals surface area contributed by atoms with Crippen LogP contribution in [0.15, 0.2) is 48.5 Å². The van der Waals surface area contributed by atoms with Crippen LogP contribution in [0.1, 0.15) is 21.5 Å². The van der Waals surface area contributed by atoms with Crippen molar-refractivity contribution in [2.24, 2.45) is 5.73 Å². The Kier molecular flexibility index (Phi) is 5.53. The summed E-state index contributed by atoms with van der Waals surface area (Å²) in [6.45, 7) is 6.45. The predicted octanol–water partition coefficient (Wildman–Crippen LogP) is 1.03. The average molecular weight is 353 g/mol. The first-order valence-electron chi connectivity index (χ1n) is 8.87. The number of quaternary nitrogens is 1. The molecule has 1 aliphatic rings. The Bertz CT molecular complexity index is 798. The van der Waals surface area contributed by atoms with Crippen molar-refractivity contribution < 1.29 is 14.5 Å². The summed E-state index contributed by atoms with van der Waals surface area (Å²) in [5, 5.41) is 2.51. The van der Waals surface area contributed by atoms with Crippen LogP contribution in [0.3, 0.4) is 0 Å². The van der Waals surface area contributed by atoms with Crippen LogP contribution < -0.4 is 16.0 Å². The van der Waals surface area contributed by atoms with Gasteiger partial charge in [-0.3, -0.25) is 4.79 Å². The summed E-state index contributed by atoms with van der Waals surface area (Å²) in [5.41, 5.74) is 8.92. The summed E-state index contributed by atoms with van der Waals surface area (Å²) in [6, 6.07) is 14.7. The van der Waals surface area contributed by atoms with E-state index in [-0.39, 0.29) is 5.91 Å². The molecule has 3 amide bonds. The van der Waals surface area contributed by atoms with Crippen LogP contribution in [0.2, 0.25) is 0 Å². The molecule has 0 atom stereocenters. The van der Waals surface area contributed by atoms with Crippen molar-refractivity contribution in [1.82, 2.24) is 4.90 Å². The zero-order valence-electron chi connectivity index (χ0n) is 15.0. The number of nitrogens with two attached hydrogens (primary N) is 1. The smallest absolute Gasteiger partial charge is 0.316 e. The number of aryl methyl sites for hydroxylation is 1. The van der Waals surface area contributed by atoms with Crippen molar-refractivity contribution in [3.8, 4) is 0 Å². The molecule has 0 aliphatic carbocycles. The van der Waals surface area contributed by atoms with Crippen LogP contribution in [0.25, 0.3) is 0 Å². The summed E-state index contributed by atoms with van der Waals surface area (Å²) in [5.74, 6) is -0.00642. The van der Waals surface area contributed by atoms with E-state index in [1.807, 2.05) is 4.90 Å². The molecule has 1 heterocycles. The number of piperazine rings is 1. The molecule has 1 fully saturated rings. The van der Waals surface area contributed by atoms with Crippen LogP contribution in [0.5, 0.6) is 0 Å². The van der Waals surface area contributed by atoms with Crippen LogP contribution in [0, 0.1) is 6.92 Å². The lowest BCUT2D eigenvalue weighted by atomic mass is 10.1. The Morgan fingerprint density at radius 3 is 2.54 bits per heavy atom. The Morgan fingerprint density at radius 1 is 1.12 bits per heavy atom. The van der Waals surface area contributed by atoms with Crippen molar-refractivity contribution in [2.45, 2.75) is 13.5 Å². The third-order valence-electron chi connectivity index (χ3n) is 4.84. The van der Waals surface area contributed by atoms with Gasteiger partial charge >= 0.3 is 6.03 Å². The maximum atomic E-state index is 12.7. The van der Waals surface area contributed by atoms with Gasteiger partial charge in [0.1, 0.15) is 6.54 Å². The number of benzene rings is 2. The number of hydrogen-bond donors (Lipinski definition) is 3. The average Bonchev–Trinajstić information content (AvgIpc) is 2.63. The second-order valence-electron chi connectivity index (χ2n) is 6.72. The maximum Gasteiger partial charge on any atom is 0.316 e. The molecular weight excluding hydrogens is 328 g/mol. The molecule has 26 heavy (non-hydrogen) atoms. The number of nitrogens with zero attached hydrogens (tertiary/aromatic N) is 1. The van der Waals surface area contributed by atoms with Crippen molar-refractivity contribution in [1.29, 1.82) is 0 Å². The normalized spacial score (nSPS) is 14.9. The minimum atomic E-state index is -0.636. The molecular formula is C20H25N4O2+. The second kappa shape index (κ2) is 8.01. The summed E-state index contributed by atoms with van der Waals surface area (Å²) in [6.07, 6.45) is 0. The van der Waals surface area contributed by atoms with Crippen LogP contribution in [-0.2, 0) is 6.54 Å². The Balaban J connectivity index is 1.58. The number of rotatable bonds is 4. The lowest BCUT2D eigenvalue weighted by Crippen LogP contribution is -3.13. The molecule has 0 saturated carbocycles. The van der Waals surface area contributed by atoms with Crippen molar-refractivity contribution in [3.63, 3.8) is 0 Å².